The van der Waals surface area contributed by atoms with Gasteiger partial charge in [0.2, 0.25) is 12.2 Å². The van der Waals surface area contributed by atoms with E-state index in [0.29, 0.717) is 6.92 Å². The van der Waals surface area contributed by atoms with Crippen molar-refractivity contribution in [3.63, 3.8) is 0 Å². The van der Waals surface area contributed by atoms with Gasteiger partial charge in [0, 0.05) is 18.1 Å². The van der Waals surface area contributed by atoms with Gasteiger partial charge in [-0.25, -0.2) is 9.59 Å². The summed E-state index contributed by atoms with van der Waals surface area (Å²) in [4.78, 5) is 50.1. The van der Waals surface area contributed by atoms with Crippen molar-refractivity contribution in [3.05, 3.63) is 22.8 Å². The summed E-state index contributed by atoms with van der Waals surface area (Å²) in [5.74, 6) is -232. The molecule has 0 radical (unpaired) electrons. The maximum atomic E-state index is 15.7. The Balaban J connectivity index is 4.38. The molecule has 91 heavy (non-hydrogen) atoms. The number of hydrogen-bond acceptors (Lipinski definition) is 7. The second kappa shape index (κ2) is 22.1. The number of isocyanates is 2. The lowest BCUT2D eigenvalue weighted by atomic mass is 9.81. The van der Waals surface area contributed by atoms with Gasteiger partial charge >= 0.3 is 142 Å². The van der Waals surface area contributed by atoms with Crippen molar-refractivity contribution in [2.45, 2.75) is 150 Å². The SMILES string of the molecule is CC(=O)OCNC(=O)c1c(C(F)(F)C(F)(F)C(F)(F)C(F)(F)C(F)(F)C(F)(F)C(F)(F)C(F)(F)C(F)(F)C(F)(F)C(F)(F)C(F)(F)C(F)(F)C(F)(F)C(F)(F)C(F)(F)C(F)(F)C(F)(F)C(F)(F)C(F)(F)C(F)(F)C(F)(F)C(F)(F)F)cc(N=C=O)c(C)c1N=C=O. The first-order chi connectivity index (χ1) is 39.1. The molecule has 0 aliphatic heterocycles. The van der Waals surface area contributed by atoms with Crippen LogP contribution in [0, 0.1) is 6.92 Å². The zero-order chi connectivity index (χ0) is 74.2. The van der Waals surface area contributed by atoms with Gasteiger partial charge in [-0.05, 0) is 13.0 Å². The minimum absolute atomic E-state index is 0.207. The molecule has 8 nitrogen and oxygen atoms in total. The average Bonchev–Trinajstić information content (AvgIpc) is 0.685. The zero-order valence-corrected chi connectivity index (χ0v) is 40.5. The summed E-state index contributed by atoms with van der Waals surface area (Å²) in [6.45, 7) is -1.24. The molecular weight excluding hydrogens is 1450 g/mol. The molecule has 0 atom stereocenters. The Morgan fingerprint density at radius 2 is 0.571 bits per heavy atom. The number of ether oxygens (including phenoxy) is 1. The van der Waals surface area contributed by atoms with Crippen molar-refractivity contribution < 1.29 is 230 Å². The highest BCUT2D eigenvalue weighted by Crippen LogP contribution is 2.73. The number of aliphatic imine (C=N–C) groups is 2. The van der Waals surface area contributed by atoms with Crippen LogP contribution in [0.5, 0.6) is 0 Å². The second-order valence-corrected chi connectivity index (χ2v) is 17.1. The smallest absolute Gasteiger partial charge is 0.445 e. The monoisotopic (exact) mass is 1460 g/mol. The van der Waals surface area contributed by atoms with Crippen LogP contribution in [-0.2, 0) is 25.0 Å². The number of halogens is 47. The van der Waals surface area contributed by atoms with Gasteiger partial charge in [-0.15, -0.1) is 0 Å². The van der Waals surface area contributed by atoms with E-state index in [0.717, 1.165) is 5.32 Å². The molecule has 1 rings (SSSR count). The minimum atomic E-state index is -11.0. The van der Waals surface area contributed by atoms with Gasteiger partial charge in [-0.2, -0.15) is 216 Å². The van der Waals surface area contributed by atoms with Gasteiger partial charge in [0.1, 0.15) is 0 Å². The summed E-state index contributed by atoms with van der Waals surface area (Å²) in [5.41, 5.74) is -12.2. The zero-order valence-electron chi connectivity index (χ0n) is 40.5. The first kappa shape index (κ1) is 82.6. The normalized spacial score (nSPS) is 15.9. The Labute approximate surface area is 461 Å². The molecule has 55 heteroatoms. The van der Waals surface area contributed by atoms with Crippen LogP contribution >= 0.6 is 0 Å². The van der Waals surface area contributed by atoms with E-state index in [1.54, 1.807) is 0 Å². The third kappa shape index (κ3) is 10.2. The van der Waals surface area contributed by atoms with Crippen molar-refractivity contribution in [1.29, 1.82) is 0 Å². The molecule has 1 aromatic rings. The van der Waals surface area contributed by atoms with Crippen molar-refractivity contribution in [1.82, 2.24) is 5.32 Å². The first-order valence-electron chi connectivity index (χ1n) is 20.3. The number of carbonyl (C=O) groups excluding carboxylic acids is 4. The predicted molar refractivity (Wildman–Crippen MR) is 185 cm³/mol. The van der Waals surface area contributed by atoms with Crippen molar-refractivity contribution in [2.24, 2.45) is 9.98 Å². The Kier molecular flexibility index (Phi) is 20.1. The number of nitrogens with zero attached hydrogens (tertiary/aromatic N) is 2. The van der Waals surface area contributed by atoms with Gasteiger partial charge in [-0.1, -0.05) is 0 Å². The maximum Gasteiger partial charge on any atom is 0.460 e. The van der Waals surface area contributed by atoms with E-state index in [9.17, 15) is 199 Å². The lowest BCUT2D eigenvalue weighted by Crippen LogP contribution is -2.81. The molecule has 0 bridgehead atoms. The molecule has 1 aromatic carbocycles. The average molecular weight is 1460 g/mol. The standard InChI is InChI=1S/C36H10F47N3O5/c1-7-10(84-4-87)3-9(11(12(7)85-5-88)13(90)86-6-91-8(2)89)14(37,38)15(39,40)16(41,42)17(43,44)18(45,46)19(47,48)20(49,50)21(51,52)22(53,54)23(55,56)24(57,58)25(59,60)26(61,62)27(63,64)28(65,66)29(67,68)30(69,70)31(71,72)32(73,74)33(75,76)34(77,78)35(79,80)36(81,82)83/h3H,6H2,1-2H3,(H,86,90). The van der Waals surface area contributed by atoms with E-state index in [4.69, 9.17) is 0 Å². The van der Waals surface area contributed by atoms with E-state index in [1.807, 2.05) is 0 Å². The molecule has 0 aliphatic rings. The third-order valence-corrected chi connectivity index (χ3v) is 11.6. The molecule has 528 valence electrons. The summed E-state index contributed by atoms with van der Waals surface area (Å²) >= 11 is 0. The predicted octanol–water partition coefficient (Wildman–Crippen LogP) is 16.2. The summed E-state index contributed by atoms with van der Waals surface area (Å²) in [6.07, 6.45) is -8.19. The molecule has 0 saturated carbocycles. The van der Waals surface area contributed by atoms with Crippen LogP contribution in [0.1, 0.15) is 28.4 Å². The van der Waals surface area contributed by atoms with Crippen molar-refractivity contribution in [3.8, 4) is 0 Å². The highest BCUT2D eigenvalue weighted by Gasteiger charge is 3.04. The summed E-state index contributed by atoms with van der Waals surface area (Å²) in [6, 6.07) is -1.20. The molecule has 0 unspecified atom stereocenters. The fourth-order valence-corrected chi connectivity index (χ4v) is 6.16. The van der Waals surface area contributed by atoms with E-state index < -0.39 is 189 Å². The lowest BCUT2D eigenvalue weighted by Gasteiger charge is -2.47. The summed E-state index contributed by atoms with van der Waals surface area (Å²) in [5, 5.41) is 0.964. The molecule has 1 amide bonds. The number of amides is 1. The molecule has 0 fully saturated rings. The second-order valence-electron chi connectivity index (χ2n) is 17.1. The number of benzene rings is 1. The third-order valence-electron chi connectivity index (χ3n) is 11.6. The quantitative estimate of drug-likeness (QED) is 0.0310. The number of alkyl halides is 47. The van der Waals surface area contributed by atoms with Crippen LogP contribution in [0.3, 0.4) is 0 Å². The molecule has 0 aromatic heterocycles. The molecule has 0 aliphatic carbocycles. The van der Waals surface area contributed by atoms with E-state index >= 15 is 26.3 Å². The minimum Gasteiger partial charge on any atom is -0.445 e. The number of carbonyl (C=O) groups is 2. The first-order valence-corrected chi connectivity index (χ1v) is 20.3. The summed E-state index contributed by atoms with van der Waals surface area (Å²) < 4.78 is 673. The van der Waals surface area contributed by atoms with Gasteiger partial charge in [-0.3, -0.25) is 9.59 Å². The van der Waals surface area contributed by atoms with Gasteiger partial charge in [0.15, 0.2) is 6.73 Å². The van der Waals surface area contributed by atoms with Crippen LogP contribution in [0.25, 0.3) is 0 Å². The molecular formula is C36H10F47N3O5. The van der Waals surface area contributed by atoms with E-state index in [1.165, 1.54) is 0 Å². The van der Waals surface area contributed by atoms with Crippen LogP contribution in [0.15, 0.2) is 16.1 Å². The number of hydrogen-bond donors (Lipinski definition) is 1. The molecule has 0 saturated heterocycles. The Hall–Kier alpha value is -6.37. The lowest BCUT2D eigenvalue weighted by molar-refractivity contribution is -0.498. The van der Waals surface area contributed by atoms with Crippen molar-refractivity contribution in [2.75, 3.05) is 6.73 Å². The van der Waals surface area contributed by atoms with Gasteiger partial charge < -0.3 is 10.1 Å². The fraction of sp³-hybridized carbons (Fsp3) is 0.722. The van der Waals surface area contributed by atoms with Gasteiger partial charge in [0.05, 0.1) is 16.9 Å². The van der Waals surface area contributed by atoms with E-state index in [-0.39, 0.29) is 19.1 Å². The Bertz CT molecular complexity index is 3030. The molecule has 0 heterocycles. The molecule has 1 N–H and O–H groups in total. The van der Waals surface area contributed by atoms with Crippen molar-refractivity contribution >= 4 is 35.4 Å². The number of nitrogens with one attached hydrogen (secondary N) is 1. The van der Waals surface area contributed by atoms with E-state index in [2.05, 4.69) is 14.7 Å². The largest absolute Gasteiger partial charge is 0.460 e. The summed E-state index contributed by atoms with van der Waals surface area (Å²) in [7, 11) is 0. The highest BCUT2D eigenvalue weighted by atomic mass is 19.4. The number of esters is 1. The van der Waals surface area contributed by atoms with Crippen LogP contribution in [0.4, 0.5) is 218 Å². The maximum absolute atomic E-state index is 15.7. The Morgan fingerprint density at radius 1 is 0.363 bits per heavy atom. The highest BCUT2D eigenvalue weighted by molar-refractivity contribution is 6.03. The van der Waals surface area contributed by atoms with Crippen LogP contribution in [-0.4, -0.2) is 161 Å². The fourth-order valence-electron chi connectivity index (χ4n) is 6.16. The number of rotatable bonds is 27. The van der Waals surface area contributed by atoms with Gasteiger partial charge in [0.25, 0.3) is 5.91 Å². The topological polar surface area (TPSA) is 114 Å². The molecule has 0 spiro atoms. The Morgan fingerprint density at radius 3 is 0.769 bits per heavy atom. The van der Waals surface area contributed by atoms with Crippen LogP contribution < -0.4 is 5.32 Å². The van der Waals surface area contributed by atoms with Crippen LogP contribution in [0.2, 0.25) is 0 Å².